The summed E-state index contributed by atoms with van der Waals surface area (Å²) in [5.74, 6) is 1.54. The van der Waals surface area contributed by atoms with Crippen molar-refractivity contribution in [1.82, 2.24) is 0 Å². The van der Waals surface area contributed by atoms with E-state index in [1.54, 1.807) is 0 Å². The molecule has 0 heterocycles. The van der Waals surface area contributed by atoms with E-state index in [4.69, 9.17) is 14.2 Å². The van der Waals surface area contributed by atoms with Gasteiger partial charge in [0, 0.05) is 0 Å². The molecule has 0 atom stereocenters. The first kappa shape index (κ1) is 27.8. The van der Waals surface area contributed by atoms with Gasteiger partial charge in [0.2, 0.25) is 0 Å². The van der Waals surface area contributed by atoms with Crippen LogP contribution in [0.4, 0.5) is 0 Å². The first-order valence-corrected chi connectivity index (χ1v) is 11.1. The standard InChI is InChI=1S/C20H34O6S.Na/c1-16(2)14-18-6-5-7-20(19(18)15-17(3)4)26-11-10-24-8-9-25-12-13-27(21,22)23;/h5-7,16-17H,8-15H2,1-4H3,(H,21,22,23);/q;+1/p-1. The van der Waals surface area contributed by atoms with Gasteiger partial charge in [0.1, 0.15) is 12.4 Å². The fraction of sp³-hybridized carbons (Fsp3) is 0.700. The molecule has 0 aliphatic heterocycles. The van der Waals surface area contributed by atoms with Gasteiger partial charge in [-0.25, -0.2) is 8.42 Å². The SMILES string of the molecule is CC(C)Cc1cccc(OCCOCCOCCS(=O)(=O)[O-])c1CC(C)C.[Na+]. The Morgan fingerprint density at radius 3 is 2.04 bits per heavy atom. The second-order valence-electron chi connectivity index (χ2n) is 7.42. The summed E-state index contributed by atoms with van der Waals surface area (Å²) in [6.45, 7) is 10.2. The fourth-order valence-electron chi connectivity index (χ4n) is 2.71. The van der Waals surface area contributed by atoms with Crippen LogP contribution in [-0.4, -0.2) is 51.8 Å². The number of rotatable bonds is 14. The van der Waals surface area contributed by atoms with E-state index >= 15 is 0 Å². The third-order valence-corrected chi connectivity index (χ3v) is 4.47. The summed E-state index contributed by atoms with van der Waals surface area (Å²) in [5, 5.41) is 0. The van der Waals surface area contributed by atoms with Crippen LogP contribution in [0.2, 0.25) is 0 Å². The molecule has 6 nitrogen and oxygen atoms in total. The Bertz CT molecular complexity index is 646. The van der Waals surface area contributed by atoms with Gasteiger partial charge in [-0.05, 0) is 41.9 Å². The van der Waals surface area contributed by atoms with Crippen LogP contribution in [0.15, 0.2) is 18.2 Å². The Labute approximate surface area is 192 Å². The first-order chi connectivity index (χ1) is 12.7. The molecule has 8 heteroatoms. The fourth-order valence-corrected chi connectivity index (χ4v) is 3.03. The molecule has 0 bridgehead atoms. The maximum absolute atomic E-state index is 10.4. The van der Waals surface area contributed by atoms with E-state index < -0.39 is 15.9 Å². The summed E-state index contributed by atoms with van der Waals surface area (Å²) < 4.78 is 47.7. The van der Waals surface area contributed by atoms with Crippen LogP contribution in [0.3, 0.4) is 0 Å². The number of hydrogen-bond acceptors (Lipinski definition) is 6. The minimum absolute atomic E-state index is 0. The monoisotopic (exact) mass is 424 g/mol. The maximum atomic E-state index is 10.4. The van der Waals surface area contributed by atoms with Crippen molar-refractivity contribution in [3.63, 3.8) is 0 Å². The summed E-state index contributed by atoms with van der Waals surface area (Å²) in [4.78, 5) is 0. The minimum Gasteiger partial charge on any atom is -0.748 e. The van der Waals surface area contributed by atoms with Crippen molar-refractivity contribution in [3.05, 3.63) is 29.3 Å². The van der Waals surface area contributed by atoms with Crippen molar-refractivity contribution in [2.45, 2.75) is 40.5 Å². The van der Waals surface area contributed by atoms with Crippen molar-refractivity contribution in [2.24, 2.45) is 11.8 Å². The summed E-state index contributed by atoms with van der Waals surface area (Å²) in [6.07, 6.45) is 2.02. The van der Waals surface area contributed by atoms with Gasteiger partial charge in [0.05, 0.1) is 42.3 Å². The van der Waals surface area contributed by atoms with E-state index in [-0.39, 0.29) is 42.8 Å². The van der Waals surface area contributed by atoms with E-state index in [9.17, 15) is 13.0 Å². The smallest absolute Gasteiger partial charge is 0.748 e. The third kappa shape index (κ3) is 13.1. The van der Waals surface area contributed by atoms with E-state index in [2.05, 4.69) is 33.8 Å². The molecule has 156 valence electrons. The Morgan fingerprint density at radius 2 is 1.46 bits per heavy atom. The van der Waals surface area contributed by atoms with Gasteiger partial charge in [-0.2, -0.15) is 0 Å². The predicted octanol–water partition coefficient (Wildman–Crippen LogP) is 0.0448. The molecule has 1 aromatic carbocycles. The van der Waals surface area contributed by atoms with Crippen LogP contribution in [0.5, 0.6) is 5.75 Å². The van der Waals surface area contributed by atoms with Gasteiger partial charge < -0.3 is 18.8 Å². The molecule has 28 heavy (non-hydrogen) atoms. The van der Waals surface area contributed by atoms with Crippen LogP contribution in [-0.2, 0) is 32.4 Å². The Kier molecular flexibility index (Phi) is 14.7. The normalized spacial score (nSPS) is 11.7. The summed E-state index contributed by atoms with van der Waals surface area (Å²) >= 11 is 0. The van der Waals surface area contributed by atoms with Gasteiger partial charge in [-0.3, -0.25) is 0 Å². The van der Waals surface area contributed by atoms with Crippen molar-refractivity contribution in [1.29, 1.82) is 0 Å². The van der Waals surface area contributed by atoms with Crippen LogP contribution in [0.25, 0.3) is 0 Å². The van der Waals surface area contributed by atoms with Crippen molar-refractivity contribution in [3.8, 4) is 5.75 Å². The Hall–Kier alpha value is -0.150. The summed E-state index contributed by atoms with van der Waals surface area (Å²) in [5.41, 5.74) is 2.63. The zero-order chi connectivity index (χ0) is 20.3. The molecule has 1 aromatic rings. The van der Waals surface area contributed by atoms with Gasteiger partial charge in [-0.1, -0.05) is 39.8 Å². The van der Waals surface area contributed by atoms with Gasteiger partial charge in [0.15, 0.2) is 0 Å². The Morgan fingerprint density at radius 1 is 0.893 bits per heavy atom. The minimum atomic E-state index is -4.22. The van der Waals surface area contributed by atoms with Crippen LogP contribution >= 0.6 is 0 Å². The first-order valence-electron chi connectivity index (χ1n) is 9.51. The van der Waals surface area contributed by atoms with Crippen molar-refractivity contribution in [2.75, 3.05) is 38.8 Å². The quantitative estimate of drug-likeness (QED) is 0.238. The molecule has 0 unspecified atom stereocenters. The molecular formula is C20H33NaO6S. The molecule has 0 aromatic heterocycles. The zero-order valence-corrected chi connectivity index (χ0v) is 20.7. The molecule has 0 fully saturated rings. The van der Waals surface area contributed by atoms with E-state index in [0.717, 1.165) is 18.6 Å². The number of benzene rings is 1. The molecule has 0 aliphatic rings. The second kappa shape index (κ2) is 14.8. The van der Waals surface area contributed by atoms with Crippen molar-refractivity contribution < 1.29 is 56.7 Å². The van der Waals surface area contributed by atoms with Gasteiger partial charge in [-0.15, -0.1) is 0 Å². The maximum Gasteiger partial charge on any atom is 1.00 e. The molecule has 0 aliphatic carbocycles. The molecule has 0 spiro atoms. The summed E-state index contributed by atoms with van der Waals surface area (Å²) in [7, 11) is -4.22. The number of hydrogen-bond donors (Lipinski definition) is 0. The van der Waals surface area contributed by atoms with Crippen LogP contribution in [0.1, 0.15) is 38.8 Å². The van der Waals surface area contributed by atoms with Crippen LogP contribution in [0, 0.1) is 11.8 Å². The molecule has 0 N–H and O–H groups in total. The van der Waals surface area contributed by atoms with Crippen molar-refractivity contribution >= 4 is 10.1 Å². The summed E-state index contributed by atoms with van der Waals surface area (Å²) in [6, 6.07) is 6.23. The van der Waals surface area contributed by atoms with Crippen LogP contribution < -0.4 is 34.3 Å². The predicted molar refractivity (Wildman–Crippen MR) is 105 cm³/mol. The number of ether oxygens (including phenoxy) is 3. The average molecular weight is 425 g/mol. The molecule has 0 saturated heterocycles. The third-order valence-electron chi connectivity index (χ3n) is 3.81. The molecular weight excluding hydrogens is 391 g/mol. The molecule has 0 saturated carbocycles. The van der Waals surface area contributed by atoms with Gasteiger partial charge in [0.25, 0.3) is 0 Å². The molecule has 0 radical (unpaired) electrons. The largest absolute Gasteiger partial charge is 1.00 e. The second-order valence-corrected chi connectivity index (χ2v) is 8.95. The average Bonchev–Trinajstić information content (AvgIpc) is 2.54. The van der Waals surface area contributed by atoms with E-state index in [1.165, 1.54) is 11.1 Å². The molecule has 1 rings (SSSR count). The van der Waals surface area contributed by atoms with E-state index in [0.29, 0.717) is 31.7 Å². The Balaban J connectivity index is 0.00000729. The zero-order valence-electron chi connectivity index (χ0n) is 17.9. The van der Waals surface area contributed by atoms with Gasteiger partial charge >= 0.3 is 29.6 Å². The topological polar surface area (TPSA) is 84.9 Å². The van der Waals surface area contributed by atoms with E-state index in [1.807, 2.05) is 12.1 Å². The molecule has 0 amide bonds.